The quantitative estimate of drug-likeness (QED) is 0.874. The van der Waals surface area contributed by atoms with E-state index in [1.807, 2.05) is 0 Å². The molecule has 18 heavy (non-hydrogen) atoms. The molecule has 1 fully saturated rings. The molecule has 1 aliphatic rings. The maximum atomic E-state index is 13.6. The van der Waals surface area contributed by atoms with Gasteiger partial charge in [0.05, 0.1) is 0 Å². The molecule has 0 radical (unpaired) electrons. The highest BCUT2D eigenvalue weighted by molar-refractivity contribution is 6.31. The summed E-state index contributed by atoms with van der Waals surface area (Å²) in [6.07, 6.45) is 0.356. The van der Waals surface area contributed by atoms with E-state index in [0.29, 0.717) is 23.6 Å². The zero-order valence-electron chi connectivity index (χ0n) is 9.70. The highest BCUT2D eigenvalue weighted by Crippen LogP contribution is 2.25. The van der Waals surface area contributed by atoms with Crippen molar-refractivity contribution in [2.45, 2.75) is 18.5 Å². The van der Waals surface area contributed by atoms with E-state index in [0.717, 1.165) is 0 Å². The van der Waals surface area contributed by atoms with Gasteiger partial charge in [0.25, 0.3) is 0 Å². The van der Waals surface area contributed by atoms with Gasteiger partial charge in [0, 0.05) is 30.2 Å². The minimum absolute atomic E-state index is 0.201. The first-order valence-electron chi connectivity index (χ1n) is 5.60. The second-order valence-electron chi connectivity index (χ2n) is 4.62. The van der Waals surface area contributed by atoms with E-state index < -0.39 is 11.5 Å². The largest absolute Gasteiger partial charge is 0.480 e. The van der Waals surface area contributed by atoms with Gasteiger partial charge in [-0.05, 0) is 18.6 Å². The molecule has 1 saturated heterocycles. The fourth-order valence-corrected chi connectivity index (χ4v) is 2.35. The molecule has 1 aliphatic heterocycles. The van der Waals surface area contributed by atoms with Crippen molar-refractivity contribution in [3.63, 3.8) is 0 Å². The minimum atomic E-state index is -1.24. The summed E-state index contributed by atoms with van der Waals surface area (Å²) in [6, 6.07) is 4.49. The normalized spacial score (nSPS) is 24.4. The van der Waals surface area contributed by atoms with Gasteiger partial charge in [-0.1, -0.05) is 17.7 Å². The topological polar surface area (TPSA) is 66.6 Å². The van der Waals surface area contributed by atoms with Crippen molar-refractivity contribution in [2.24, 2.45) is 5.73 Å². The lowest BCUT2D eigenvalue weighted by molar-refractivity contribution is -0.142. The number of nitrogens with zero attached hydrogens (tertiary/aromatic N) is 1. The van der Waals surface area contributed by atoms with E-state index in [1.54, 1.807) is 11.0 Å². The molecule has 0 bridgehead atoms. The summed E-state index contributed by atoms with van der Waals surface area (Å²) in [6.45, 7) is 0.998. The molecule has 4 nitrogen and oxygen atoms in total. The number of carboxylic acids is 1. The summed E-state index contributed by atoms with van der Waals surface area (Å²) in [5.41, 5.74) is 4.90. The van der Waals surface area contributed by atoms with Gasteiger partial charge in [0.2, 0.25) is 0 Å². The lowest BCUT2D eigenvalue weighted by Crippen LogP contribution is -2.50. The van der Waals surface area contributed by atoms with Gasteiger partial charge in [-0.2, -0.15) is 0 Å². The second-order valence-corrected chi connectivity index (χ2v) is 5.03. The summed E-state index contributed by atoms with van der Waals surface area (Å²) in [5.74, 6) is -1.41. The lowest BCUT2D eigenvalue weighted by Gasteiger charge is -2.20. The zero-order chi connectivity index (χ0) is 13.3. The van der Waals surface area contributed by atoms with Gasteiger partial charge < -0.3 is 10.8 Å². The molecule has 1 aromatic rings. The Morgan fingerprint density at radius 3 is 2.89 bits per heavy atom. The molecule has 1 heterocycles. The molecule has 0 aliphatic carbocycles. The van der Waals surface area contributed by atoms with Gasteiger partial charge in [0.15, 0.2) is 0 Å². The van der Waals surface area contributed by atoms with Crippen LogP contribution in [0, 0.1) is 5.82 Å². The van der Waals surface area contributed by atoms with Crippen molar-refractivity contribution in [3.8, 4) is 0 Å². The van der Waals surface area contributed by atoms with Gasteiger partial charge in [-0.25, -0.2) is 4.39 Å². The molecule has 2 rings (SSSR count). The van der Waals surface area contributed by atoms with E-state index in [4.69, 9.17) is 22.4 Å². The second kappa shape index (κ2) is 4.84. The Hall–Kier alpha value is -1.17. The number of hydrogen-bond acceptors (Lipinski definition) is 3. The Labute approximate surface area is 109 Å². The summed E-state index contributed by atoms with van der Waals surface area (Å²) < 4.78 is 13.6. The smallest absolute Gasteiger partial charge is 0.325 e. The van der Waals surface area contributed by atoms with Crippen LogP contribution in [-0.2, 0) is 11.3 Å². The number of rotatable bonds is 3. The van der Waals surface area contributed by atoms with Crippen LogP contribution in [0.25, 0.3) is 0 Å². The maximum Gasteiger partial charge on any atom is 0.325 e. The first-order chi connectivity index (χ1) is 8.42. The predicted octanol–water partition coefficient (Wildman–Crippen LogP) is 1.47. The van der Waals surface area contributed by atoms with Crippen LogP contribution in [0.2, 0.25) is 5.02 Å². The van der Waals surface area contributed by atoms with Gasteiger partial charge >= 0.3 is 5.97 Å². The molecular weight excluding hydrogens is 259 g/mol. The van der Waals surface area contributed by atoms with Crippen molar-refractivity contribution in [3.05, 3.63) is 34.6 Å². The van der Waals surface area contributed by atoms with Crippen LogP contribution in [0.15, 0.2) is 18.2 Å². The Bertz CT molecular complexity index is 463. The highest BCUT2D eigenvalue weighted by Gasteiger charge is 2.41. The Balaban J connectivity index is 2.11. The van der Waals surface area contributed by atoms with E-state index in [2.05, 4.69) is 0 Å². The number of benzene rings is 1. The molecule has 0 aromatic heterocycles. The standard InChI is InChI=1S/C12H14ClFN2O2/c13-9-2-1-3-10(14)8(9)6-16-5-4-12(15,7-16)11(17)18/h1-3H,4-7,15H2,(H,17,18). The average Bonchev–Trinajstić information content (AvgIpc) is 2.67. The monoisotopic (exact) mass is 272 g/mol. The van der Waals surface area contributed by atoms with E-state index in [9.17, 15) is 9.18 Å². The van der Waals surface area contributed by atoms with Crippen LogP contribution in [0.4, 0.5) is 4.39 Å². The molecule has 0 saturated carbocycles. The van der Waals surface area contributed by atoms with Crippen molar-refractivity contribution in [2.75, 3.05) is 13.1 Å². The number of likely N-dealkylation sites (tertiary alicyclic amines) is 1. The van der Waals surface area contributed by atoms with Crippen LogP contribution in [0.1, 0.15) is 12.0 Å². The van der Waals surface area contributed by atoms with Crippen molar-refractivity contribution in [1.29, 1.82) is 0 Å². The Morgan fingerprint density at radius 1 is 1.61 bits per heavy atom. The third kappa shape index (κ3) is 2.48. The fourth-order valence-electron chi connectivity index (χ4n) is 2.13. The Kier molecular flexibility index (Phi) is 3.56. The fraction of sp³-hybridized carbons (Fsp3) is 0.417. The van der Waals surface area contributed by atoms with E-state index >= 15 is 0 Å². The maximum absolute atomic E-state index is 13.6. The molecule has 1 atom stereocenters. The first-order valence-corrected chi connectivity index (χ1v) is 5.98. The van der Waals surface area contributed by atoms with Crippen LogP contribution in [-0.4, -0.2) is 34.6 Å². The summed E-state index contributed by atoms with van der Waals surface area (Å²) in [7, 11) is 0. The summed E-state index contributed by atoms with van der Waals surface area (Å²) >= 11 is 5.93. The first kappa shape index (κ1) is 13.3. The SMILES string of the molecule is NC1(C(=O)O)CCN(Cc2c(F)cccc2Cl)C1. The molecule has 1 unspecified atom stereocenters. The average molecular weight is 273 g/mol. The van der Waals surface area contributed by atoms with E-state index in [1.165, 1.54) is 12.1 Å². The predicted molar refractivity (Wildman–Crippen MR) is 65.9 cm³/mol. The third-order valence-electron chi connectivity index (χ3n) is 3.25. The summed E-state index contributed by atoms with van der Waals surface area (Å²) in [5, 5.41) is 9.36. The lowest BCUT2D eigenvalue weighted by atomic mass is 10.0. The Morgan fingerprint density at radius 2 is 2.33 bits per heavy atom. The number of carboxylic acid groups (broad SMARTS) is 1. The number of halogens is 2. The number of aliphatic carboxylic acids is 1. The molecule has 3 N–H and O–H groups in total. The highest BCUT2D eigenvalue weighted by atomic mass is 35.5. The molecule has 0 amide bonds. The van der Waals surface area contributed by atoms with Crippen molar-refractivity contribution >= 4 is 17.6 Å². The van der Waals surface area contributed by atoms with Gasteiger partial charge in [-0.15, -0.1) is 0 Å². The molecule has 6 heteroatoms. The van der Waals surface area contributed by atoms with Gasteiger partial charge in [-0.3, -0.25) is 9.69 Å². The van der Waals surface area contributed by atoms with Crippen molar-refractivity contribution in [1.82, 2.24) is 4.90 Å². The van der Waals surface area contributed by atoms with Crippen LogP contribution in [0.5, 0.6) is 0 Å². The van der Waals surface area contributed by atoms with Crippen LogP contribution in [0.3, 0.4) is 0 Å². The van der Waals surface area contributed by atoms with Crippen molar-refractivity contribution < 1.29 is 14.3 Å². The van der Waals surface area contributed by atoms with Crippen LogP contribution >= 0.6 is 11.6 Å². The van der Waals surface area contributed by atoms with Gasteiger partial charge in [0.1, 0.15) is 11.4 Å². The number of hydrogen-bond donors (Lipinski definition) is 2. The molecule has 98 valence electrons. The molecule has 0 spiro atoms. The number of carbonyl (C=O) groups is 1. The number of nitrogens with two attached hydrogens (primary N) is 1. The summed E-state index contributed by atoms with van der Waals surface area (Å²) in [4.78, 5) is 12.8. The van der Waals surface area contributed by atoms with Crippen LogP contribution < -0.4 is 5.73 Å². The van der Waals surface area contributed by atoms with E-state index in [-0.39, 0.29) is 18.9 Å². The molecule has 1 aromatic carbocycles. The third-order valence-corrected chi connectivity index (χ3v) is 3.60. The molecular formula is C12H14ClFN2O2. The minimum Gasteiger partial charge on any atom is -0.480 e. The zero-order valence-corrected chi connectivity index (χ0v) is 10.5.